The van der Waals surface area contributed by atoms with Crippen LogP contribution in [-0.2, 0) is 40.0 Å². The number of benzene rings is 1. The Hall–Kier alpha value is -7.99. The van der Waals surface area contributed by atoms with E-state index in [-0.39, 0.29) is 121 Å². The summed E-state index contributed by atoms with van der Waals surface area (Å²) < 4.78 is 0. The molecule has 0 bridgehead atoms. The van der Waals surface area contributed by atoms with Crippen molar-refractivity contribution in [2.75, 3.05) is 39.3 Å². The number of hydrogen-bond donors (Lipinski definition) is 19. The van der Waals surface area contributed by atoms with E-state index in [0.717, 1.165) is 10.9 Å². The molecule has 1 aromatic heterocycles. The van der Waals surface area contributed by atoms with Crippen molar-refractivity contribution < 1.29 is 38.7 Å². The zero-order chi connectivity index (χ0) is 57.3. The SMILES string of the molecule is NCCCC[C@H](NC(=O)[C@H](CCCN=C(N)N)NC(=O)[C@H](CCCN=C(N)N)NC(=O)[C@H](CCCCN)NC(=O)[C@H](Cc1c[nH]c2ccccc12)NC(=O)[C@H](CCCN=C(N)N)NC(=O)[C@@H](N)CCCN=C(N)N)C(=O)O. The molecule has 1 aromatic carbocycles. The van der Waals surface area contributed by atoms with E-state index in [1.54, 1.807) is 12.3 Å². The number of nitrogens with one attached hydrogen (secondary N) is 7. The number of carbonyl (C=O) groups is 7. The molecule has 6 amide bonds. The van der Waals surface area contributed by atoms with E-state index in [1.165, 1.54) is 0 Å². The zero-order valence-corrected chi connectivity index (χ0v) is 43.7. The number of unbranched alkanes of at least 4 members (excludes halogenated alkanes) is 2. The van der Waals surface area contributed by atoms with Crippen molar-refractivity contribution >= 4 is 76.2 Å². The highest BCUT2D eigenvalue weighted by atomic mass is 16.4. The molecule has 0 fully saturated rings. The molecular weight excluding hydrogens is 1000 g/mol. The number of para-hydroxylation sites is 1. The minimum Gasteiger partial charge on any atom is -0.480 e. The Labute approximate surface area is 447 Å². The summed E-state index contributed by atoms with van der Waals surface area (Å²) >= 11 is 0. The Balaban J connectivity index is 2.58. The van der Waals surface area contributed by atoms with Gasteiger partial charge in [0.05, 0.1) is 6.04 Å². The predicted octanol–water partition coefficient (Wildman–Crippen LogP) is -5.50. The molecule has 0 saturated carbocycles. The summed E-state index contributed by atoms with van der Waals surface area (Å²) in [5.41, 5.74) is 62.9. The van der Waals surface area contributed by atoms with E-state index >= 15 is 0 Å². The number of aromatic amines is 1. The maximum Gasteiger partial charge on any atom is 0.326 e. The average molecular weight is 1090 g/mol. The number of fused-ring (bicyclic) bond motifs is 1. The van der Waals surface area contributed by atoms with Gasteiger partial charge >= 0.3 is 5.97 Å². The molecule has 0 aliphatic heterocycles. The largest absolute Gasteiger partial charge is 0.480 e. The highest BCUT2D eigenvalue weighted by Gasteiger charge is 2.34. The van der Waals surface area contributed by atoms with Gasteiger partial charge in [-0.1, -0.05) is 18.2 Å². The second-order valence-corrected chi connectivity index (χ2v) is 18.2. The van der Waals surface area contributed by atoms with E-state index in [2.05, 4.69) is 56.9 Å². The van der Waals surface area contributed by atoms with Crippen molar-refractivity contribution in [2.45, 2.75) is 139 Å². The molecule has 2 aromatic rings. The number of hydrogen-bond acceptors (Lipinski definition) is 14. The third-order valence-corrected chi connectivity index (χ3v) is 11.9. The first kappa shape index (κ1) is 65.1. The molecule has 7 atom stereocenters. The van der Waals surface area contributed by atoms with E-state index in [1.807, 2.05) is 18.2 Å². The first-order valence-electron chi connectivity index (χ1n) is 25.6. The molecular formula is C47H84N22O8. The number of carboxylic acids is 1. The molecule has 0 saturated heterocycles. The predicted molar refractivity (Wildman–Crippen MR) is 295 cm³/mol. The van der Waals surface area contributed by atoms with Crippen LogP contribution in [0, 0.1) is 0 Å². The number of carboxylic acid groups (broad SMARTS) is 1. The van der Waals surface area contributed by atoms with Crippen molar-refractivity contribution in [1.82, 2.24) is 36.9 Å². The number of carbonyl (C=O) groups excluding carboxylic acids is 6. The van der Waals surface area contributed by atoms with Gasteiger partial charge in [0.2, 0.25) is 35.4 Å². The maximum absolute atomic E-state index is 14.7. The average Bonchev–Trinajstić information content (AvgIpc) is 3.78. The molecule has 77 heavy (non-hydrogen) atoms. The van der Waals surface area contributed by atoms with Gasteiger partial charge in [-0.2, -0.15) is 0 Å². The van der Waals surface area contributed by atoms with Crippen LogP contribution in [0.1, 0.15) is 95.5 Å². The van der Waals surface area contributed by atoms with Crippen LogP contribution in [0.15, 0.2) is 50.4 Å². The van der Waals surface area contributed by atoms with Crippen LogP contribution in [0.4, 0.5) is 0 Å². The van der Waals surface area contributed by atoms with Gasteiger partial charge in [0.25, 0.3) is 0 Å². The lowest BCUT2D eigenvalue weighted by Gasteiger charge is -2.28. The van der Waals surface area contributed by atoms with Gasteiger partial charge in [-0.25, -0.2) is 4.79 Å². The van der Waals surface area contributed by atoms with Gasteiger partial charge in [-0.3, -0.25) is 48.7 Å². The van der Waals surface area contributed by atoms with Gasteiger partial charge in [0.1, 0.15) is 36.3 Å². The molecule has 0 radical (unpaired) electrons. The van der Waals surface area contributed by atoms with Crippen LogP contribution in [0.3, 0.4) is 0 Å². The fourth-order valence-corrected chi connectivity index (χ4v) is 7.85. The van der Waals surface area contributed by atoms with E-state index in [9.17, 15) is 38.7 Å². The minimum atomic E-state index is -1.38. The Kier molecular flexibility index (Phi) is 30.5. The Bertz CT molecular complexity index is 2310. The van der Waals surface area contributed by atoms with Gasteiger partial charge in [0.15, 0.2) is 23.8 Å². The smallest absolute Gasteiger partial charge is 0.326 e. The molecule has 30 N–H and O–H groups in total. The van der Waals surface area contributed by atoms with Crippen molar-refractivity contribution in [1.29, 1.82) is 0 Å². The van der Waals surface area contributed by atoms with E-state index in [4.69, 9.17) is 63.1 Å². The van der Waals surface area contributed by atoms with Crippen LogP contribution in [0.25, 0.3) is 10.9 Å². The molecule has 30 nitrogen and oxygen atoms in total. The van der Waals surface area contributed by atoms with Gasteiger partial charge in [-0.15, -0.1) is 0 Å². The summed E-state index contributed by atoms with van der Waals surface area (Å²) in [5, 5.41) is 26.8. The van der Waals surface area contributed by atoms with Crippen LogP contribution in [-0.4, -0.2) is 157 Å². The van der Waals surface area contributed by atoms with Crippen LogP contribution in [0.5, 0.6) is 0 Å². The first-order valence-corrected chi connectivity index (χ1v) is 25.6. The third kappa shape index (κ3) is 26.4. The number of guanidine groups is 4. The van der Waals surface area contributed by atoms with Crippen molar-refractivity contribution in [3.63, 3.8) is 0 Å². The monoisotopic (exact) mass is 1080 g/mol. The van der Waals surface area contributed by atoms with Crippen molar-refractivity contribution in [3.8, 4) is 0 Å². The zero-order valence-electron chi connectivity index (χ0n) is 43.7. The van der Waals surface area contributed by atoms with Crippen LogP contribution in [0.2, 0.25) is 0 Å². The number of nitrogens with two attached hydrogens (primary N) is 11. The fraction of sp³-hybridized carbons (Fsp3) is 0.596. The Morgan fingerprint density at radius 3 is 1.19 bits per heavy atom. The van der Waals surface area contributed by atoms with E-state index in [0.29, 0.717) is 44.2 Å². The lowest BCUT2D eigenvalue weighted by molar-refractivity contribution is -0.142. The summed E-state index contributed by atoms with van der Waals surface area (Å²) in [6, 6.07) is -1.75. The minimum absolute atomic E-state index is 0.0149. The summed E-state index contributed by atoms with van der Waals surface area (Å²) in [7, 11) is 0. The maximum atomic E-state index is 14.7. The second kappa shape index (κ2) is 36.1. The number of aromatic nitrogens is 1. The number of rotatable bonds is 39. The Morgan fingerprint density at radius 1 is 0.455 bits per heavy atom. The summed E-state index contributed by atoms with van der Waals surface area (Å²) in [5.74, 6) is -6.72. The molecule has 2 rings (SSSR count). The van der Waals surface area contributed by atoms with Gasteiger partial charge in [0, 0.05) is 49.7 Å². The first-order chi connectivity index (χ1) is 36.7. The molecule has 0 spiro atoms. The topological polar surface area (TPSA) is 563 Å². The molecule has 0 aliphatic carbocycles. The highest BCUT2D eigenvalue weighted by molar-refractivity contribution is 5.97. The van der Waals surface area contributed by atoms with Crippen LogP contribution >= 0.6 is 0 Å². The number of amides is 6. The summed E-state index contributed by atoms with van der Waals surface area (Å²) in [6.07, 6.45) is 4.31. The summed E-state index contributed by atoms with van der Waals surface area (Å²) in [4.78, 5) is 116. The highest BCUT2D eigenvalue weighted by Crippen LogP contribution is 2.20. The molecule has 1 heterocycles. The van der Waals surface area contributed by atoms with Crippen molar-refractivity contribution in [3.05, 3.63) is 36.0 Å². The summed E-state index contributed by atoms with van der Waals surface area (Å²) in [6.45, 7) is 0.983. The van der Waals surface area contributed by atoms with E-state index < -0.39 is 83.7 Å². The molecule has 0 unspecified atom stereocenters. The third-order valence-electron chi connectivity index (χ3n) is 11.9. The normalized spacial score (nSPS) is 13.6. The molecule has 430 valence electrons. The second-order valence-electron chi connectivity index (χ2n) is 18.2. The number of aliphatic imine (C=N–C) groups is 4. The van der Waals surface area contributed by atoms with Crippen molar-refractivity contribution in [2.24, 2.45) is 83.0 Å². The standard InChI is InChI=1S/C47H84N22O8/c48-19-5-3-14-31(38(71)65-33(17-9-23-61-46(55)56)39(72)66-34(18-10-24-62-47(57)58)40(73)68-35(43(76)77)15-4-6-20-49)67-42(75)36(25-27-26-63-30-13-2-1-11-28(27)30)69-41(74)32(16-8-22-60-45(53)54)64-37(70)29(50)12-7-21-59-44(51)52/h1-2,11,13,26,29,31-36,63H,3-10,12,14-25,48-50H2,(H,64,70)(H,65,71)(H,66,72)(H,67,75)(H,68,73)(H,69,74)(H,76,77)(H4,51,52,59)(H4,53,54,60)(H4,55,56,61)(H4,57,58,62)/t29-,31-,32-,33-,34-,35-,36-/m0/s1. The quantitative estimate of drug-likeness (QED) is 0.0169. The number of H-pyrrole nitrogens is 1. The Morgan fingerprint density at radius 2 is 0.792 bits per heavy atom. The number of nitrogens with zero attached hydrogens (tertiary/aromatic N) is 4. The molecule has 0 aliphatic rings. The lowest BCUT2D eigenvalue weighted by Crippen LogP contribution is -2.60. The fourth-order valence-electron chi connectivity index (χ4n) is 7.85. The van der Waals surface area contributed by atoms with Gasteiger partial charge < -0.3 is 105 Å². The van der Waals surface area contributed by atoms with Crippen LogP contribution < -0.4 is 95.0 Å². The lowest BCUT2D eigenvalue weighted by atomic mass is 10.0. The number of aliphatic carboxylic acids is 1. The van der Waals surface area contributed by atoms with Gasteiger partial charge in [-0.05, 0) is 115 Å². The molecule has 30 heteroatoms.